The van der Waals surface area contributed by atoms with Crippen LogP contribution in [0.4, 0.5) is 0 Å². The van der Waals surface area contributed by atoms with Gasteiger partial charge in [0.25, 0.3) is 0 Å². The smallest absolute Gasteiger partial charge is 0.215 e. The fourth-order valence-electron chi connectivity index (χ4n) is 2.20. The first kappa shape index (κ1) is 17.0. The molecular weight excluding hydrogens is 318 g/mol. The van der Waals surface area contributed by atoms with Crippen LogP contribution >= 0.6 is 11.6 Å². The molecule has 3 nitrogen and oxygen atoms in total. The molecule has 2 rings (SSSR count). The standard InChI is InChI=1S/C17H20ClNO2S/c1-14-5-2-3-7-16(14)13-22(20,21)19-12-4-6-15-8-10-17(18)11-9-15/h2-3,5,7-11,19H,4,6,12-13H2,1H3. The van der Waals surface area contributed by atoms with Gasteiger partial charge in [-0.3, -0.25) is 0 Å². The first-order valence-electron chi connectivity index (χ1n) is 7.22. The van der Waals surface area contributed by atoms with Crippen molar-refractivity contribution in [1.29, 1.82) is 0 Å². The lowest BCUT2D eigenvalue weighted by molar-refractivity contribution is 0.578. The average Bonchev–Trinajstić information content (AvgIpc) is 2.48. The van der Waals surface area contributed by atoms with E-state index in [1.807, 2.05) is 55.5 Å². The van der Waals surface area contributed by atoms with Crippen LogP contribution in [0.15, 0.2) is 48.5 Å². The molecule has 0 fully saturated rings. The quantitative estimate of drug-likeness (QED) is 0.783. The van der Waals surface area contributed by atoms with Gasteiger partial charge in [0.15, 0.2) is 0 Å². The van der Waals surface area contributed by atoms with E-state index < -0.39 is 10.0 Å². The van der Waals surface area contributed by atoms with Crippen LogP contribution in [0.2, 0.25) is 5.02 Å². The van der Waals surface area contributed by atoms with Crippen LogP contribution < -0.4 is 4.72 Å². The number of nitrogens with one attached hydrogen (secondary N) is 1. The van der Waals surface area contributed by atoms with E-state index in [2.05, 4.69) is 4.72 Å². The van der Waals surface area contributed by atoms with Gasteiger partial charge in [-0.25, -0.2) is 13.1 Å². The van der Waals surface area contributed by atoms with Crippen LogP contribution in [0.3, 0.4) is 0 Å². The highest BCUT2D eigenvalue weighted by Crippen LogP contribution is 2.12. The number of benzene rings is 2. The summed E-state index contributed by atoms with van der Waals surface area (Å²) in [6, 6.07) is 15.2. The van der Waals surface area contributed by atoms with Crippen molar-refractivity contribution in [2.45, 2.75) is 25.5 Å². The van der Waals surface area contributed by atoms with E-state index in [1.165, 1.54) is 0 Å². The molecule has 0 aliphatic heterocycles. The fraction of sp³-hybridized carbons (Fsp3) is 0.294. The van der Waals surface area contributed by atoms with Crippen molar-refractivity contribution < 1.29 is 8.42 Å². The summed E-state index contributed by atoms with van der Waals surface area (Å²) in [6.45, 7) is 2.36. The molecule has 0 atom stereocenters. The third-order valence-corrected chi connectivity index (χ3v) is 5.07. The van der Waals surface area contributed by atoms with Crippen molar-refractivity contribution in [2.75, 3.05) is 6.54 Å². The van der Waals surface area contributed by atoms with E-state index >= 15 is 0 Å². The van der Waals surface area contributed by atoms with Gasteiger partial charge in [0, 0.05) is 11.6 Å². The Hall–Kier alpha value is -1.36. The van der Waals surface area contributed by atoms with Crippen molar-refractivity contribution in [2.24, 2.45) is 0 Å². The monoisotopic (exact) mass is 337 g/mol. The van der Waals surface area contributed by atoms with Crippen molar-refractivity contribution in [3.8, 4) is 0 Å². The van der Waals surface area contributed by atoms with Gasteiger partial charge in [-0.2, -0.15) is 0 Å². The molecule has 0 unspecified atom stereocenters. The van der Waals surface area contributed by atoms with Crippen LogP contribution in [0.1, 0.15) is 23.1 Å². The van der Waals surface area contributed by atoms with Gasteiger partial charge >= 0.3 is 0 Å². The Balaban J connectivity index is 1.80. The third kappa shape index (κ3) is 5.44. The molecule has 0 aliphatic carbocycles. The molecule has 0 saturated heterocycles. The summed E-state index contributed by atoms with van der Waals surface area (Å²) in [6.07, 6.45) is 1.58. The zero-order chi connectivity index (χ0) is 16.0. The molecule has 0 bridgehead atoms. The van der Waals surface area contributed by atoms with Crippen LogP contribution in [-0.2, 0) is 22.2 Å². The van der Waals surface area contributed by atoms with Crippen LogP contribution in [-0.4, -0.2) is 15.0 Å². The Labute approximate surface area is 137 Å². The SMILES string of the molecule is Cc1ccccc1CS(=O)(=O)NCCCc1ccc(Cl)cc1. The van der Waals surface area contributed by atoms with Gasteiger partial charge in [-0.1, -0.05) is 48.0 Å². The Bertz CT molecular complexity index is 712. The topological polar surface area (TPSA) is 46.2 Å². The predicted octanol–water partition coefficient (Wildman–Crippen LogP) is 3.70. The maximum atomic E-state index is 12.1. The number of rotatable bonds is 7. The first-order chi connectivity index (χ1) is 10.5. The molecule has 0 heterocycles. The van der Waals surface area contributed by atoms with E-state index in [4.69, 9.17) is 11.6 Å². The molecule has 0 radical (unpaired) electrons. The fourth-order valence-corrected chi connectivity index (χ4v) is 3.62. The molecule has 2 aromatic carbocycles. The number of halogens is 1. The summed E-state index contributed by atoms with van der Waals surface area (Å²) >= 11 is 5.83. The molecule has 1 N–H and O–H groups in total. The van der Waals surface area contributed by atoms with Gasteiger partial charge < -0.3 is 0 Å². The zero-order valence-electron chi connectivity index (χ0n) is 12.5. The molecule has 0 saturated carbocycles. The van der Waals surface area contributed by atoms with Crippen LogP contribution in [0.5, 0.6) is 0 Å². The maximum Gasteiger partial charge on any atom is 0.215 e. The summed E-state index contributed by atoms with van der Waals surface area (Å²) < 4.78 is 26.8. The summed E-state index contributed by atoms with van der Waals surface area (Å²) in [5, 5.41) is 0.711. The largest absolute Gasteiger partial charge is 0.215 e. The zero-order valence-corrected chi connectivity index (χ0v) is 14.1. The van der Waals surface area contributed by atoms with Crippen molar-refractivity contribution in [1.82, 2.24) is 4.72 Å². The summed E-state index contributed by atoms with van der Waals surface area (Å²) in [5.74, 6) is 0.0284. The van der Waals surface area contributed by atoms with Gasteiger partial charge in [0.05, 0.1) is 5.75 Å². The highest BCUT2D eigenvalue weighted by Gasteiger charge is 2.12. The van der Waals surface area contributed by atoms with E-state index in [1.54, 1.807) is 0 Å². The highest BCUT2D eigenvalue weighted by atomic mass is 35.5. The second kappa shape index (κ2) is 7.77. The Morgan fingerprint density at radius 1 is 1.05 bits per heavy atom. The van der Waals surface area contributed by atoms with Gasteiger partial charge in [-0.15, -0.1) is 0 Å². The van der Waals surface area contributed by atoms with Crippen molar-refractivity contribution >= 4 is 21.6 Å². The molecular formula is C17H20ClNO2S. The molecule has 0 aromatic heterocycles. The van der Waals surface area contributed by atoms with Gasteiger partial charge in [0.2, 0.25) is 10.0 Å². The van der Waals surface area contributed by atoms with Crippen LogP contribution in [0.25, 0.3) is 0 Å². The van der Waals surface area contributed by atoms with Crippen molar-refractivity contribution in [3.05, 3.63) is 70.2 Å². The van der Waals surface area contributed by atoms with E-state index in [9.17, 15) is 8.42 Å². The molecule has 22 heavy (non-hydrogen) atoms. The number of hydrogen-bond acceptors (Lipinski definition) is 2. The molecule has 0 aliphatic rings. The van der Waals surface area contributed by atoms with E-state index in [0.717, 1.165) is 29.5 Å². The molecule has 118 valence electrons. The lowest BCUT2D eigenvalue weighted by Gasteiger charge is -2.09. The lowest BCUT2D eigenvalue weighted by Crippen LogP contribution is -2.26. The van der Waals surface area contributed by atoms with Crippen molar-refractivity contribution in [3.63, 3.8) is 0 Å². The second-order valence-corrected chi connectivity index (χ2v) is 7.55. The van der Waals surface area contributed by atoms with E-state index in [0.29, 0.717) is 11.6 Å². The van der Waals surface area contributed by atoms with E-state index in [-0.39, 0.29) is 5.75 Å². The minimum atomic E-state index is -3.29. The molecule has 0 spiro atoms. The normalized spacial score (nSPS) is 11.5. The first-order valence-corrected chi connectivity index (χ1v) is 9.25. The predicted molar refractivity (Wildman–Crippen MR) is 91.6 cm³/mol. The van der Waals surface area contributed by atoms with Crippen LogP contribution in [0, 0.1) is 6.92 Å². The minimum absolute atomic E-state index is 0.0284. The Morgan fingerprint density at radius 2 is 1.73 bits per heavy atom. The Kier molecular flexibility index (Phi) is 6.00. The number of hydrogen-bond donors (Lipinski definition) is 1. The molecule has 0 amide bonds. The molecule has 2 aromatic rings. The highest BCUT2D eigenvalue weighted by molar-refractivity contribution is 7.88. The maximum absolute atomic E-state index is 12.1. The average molecular weight is 338 g/mol. The summed E-state index contributed by atoms with van der Waals surface area (Å²) in [7, 11) is -3.29. The number of sulfonamides is 1. The minimum Gasteiger partial charge on any atom is -0.215 e. The van der Waals surface area contributed by atoms with Gasteiger partial charge in [0.1, 0.15) is 0 Å². The van der Waals surface area contributed by atoms with Gasteiger partial charge in [-0.05, 0) is 48.6 Å². The molecule has 5 heteroatoms. The second-order valence-electron chi connectivity index (χ2n) is 5.31. The summed E-state index contributed by atoms with van der Waals surface area (Å²) in [4.78, 5) is 0. The summed E-state index contributed by atoms with van der Waals surface area (Å²) in [5.41, 5.74) is 2.99. The third-order valence-electron chi connectivity index (χ3n) is 3.48. The lowest BCUT2D eigenvalue weighted by atomic mass is 10.1. The number of aryl methyl sites for hydroxylation is 2. The Morgan fingerprint density at radius 3 is 2.41 bits per heavy atom.